The van der Waals surface area contributed by atoms with Gasteiger partial charge in [0.1, 0.15) is 0 Å². The number of rotatable bonds is 1. The molecule has 0 aromatic rings. The summed E-state index contributed by atoms with van der Waals surface area (Å²) >= 11 is 0. The van der Waals surface area contributed by atoms with E-state index in [0.717, 1.165) is 6.04 Å². The third kappa shape index (κ3) is 2.73. The zero-order chi connectivity index (χ0) is 10.7. The Morgan fingerprint density at radius 3 is 2.47 bits per heavy atom. The van der Waals surface area contributed by atoms with Crippen molar-refractivity contribution in [3.63, 3.8) is 0 Å². The lowest BCUT2D eigenvalue weighted by Gasteiger charge is -2.41. The summed E-state index contributed by atoms with van der Waals surface area (Å²) in [4.78, 5) is 2.71. The molecule has 0 spiro atoms. The summed E-state index contributed by atoms with van der Waals surface area (Å²) in [6, 6.07) is 1.89. The van der Waals surface area contributed by atoms with E-state index in [4.69, 9.17) is 5.73 Å². The molecule has 1 aliphatic heterocycles. The third-order valence-electron chi connectivity index (χ3n) is 4.31. The first kappa shape index (κ1) is 11.4. The molecule has 3 unspecified atom stereocenters. The van der Waals surface area contributed by atoms with E-state index in [0.29, 0.717) is 12.1 Å². The average molecular weight is 210 g/mol. The van der Waals surface area contributed by atoms with Gasteiger partial charge in [-0.2, -0.15) is 0 Å². The van der Waals surface area contributed by atoms with Gasteiger partial charge < -0.3 is 5.73 Å². The number of nitrogens with two attached hydrogens (primary N) is 1. The van der Waals surface area contributed by atoms with Crippen molar-refractivity contribution in [3.8, 4) is 0 Å². The second-order valence-corrected chi connectivity index (χ2v) is 5.45. The Bertz CT molecular complexity index is 193. The first-order valence-corrected chi connectivity index (χ1v) is 6.80. The fourth-order valence-corrected chi connectivity index (χ4v) is 3.34. The number of likely N-dealkylation sites (tertiary alicyclic amines) is 1. The van der Waals surface area contributed by atoms with E-state index in [1.165, 1.54) is 57.9 Å². The molecule has 2 heteroatoms. The Balaban J connectivity index is 1.98. The molecule has 0 bridgehead atoms. The number of nitrogens with zero attached hydrogens (tertiary/aromatic N) is 1. The maximum absolute atomic E-state index is 6.33. The lowest BCUT2D eigenvalue weighted by Crippen LogP contribution is -2.52. The first-order chi connectivity index (χ1) is 7.29. The zero-order valence-corrected chi connectivity index (χ0v) is 10.1. The number of piperidine rings is 1. The summed E-state index contributed by atoms with van der Waals surface area (Å²) in [5, 5.41) is 0. The highest BCUT2D eigenvalue weighted by molar-refractivity contribution is 4.88. The first-order valence-electron chi connectivity index (χ1n) is 6.80. The van der Waals surface area contributed by atoms with Crippen LogP contribution in [0.15, 0.2) is 0 Å². The van der Waals surface area contributed by atoms with Crippen LogP contribution >= 0.6 is 0 Å². The largest absolute Gasteiger partial charge is 0.326 e. The Morgan fingerprint density at radius 1 is 0.933 bits per heavy atom. The van der Waals surface area contributed by atoms with Gasteiger partial charge in [0, 0.05) is 18.1 Å². The summed E-state index contributed by atoms with van der Waals surface area (Å²) in [6.45, 7) is 3.68. The summed E-state index contributed by atoms with van der Waals surface area (Å²) in [7, 11) is 0. The fourth-order valence-electron chi connectivity index (χ4n) is 3.34. The van der Waals surface area contributed by atoms with E-state index in [1.807, 2.05) is 0 Å². The van der Waals surface area contributed by atoms with Crippen LogP contribution in [0.3, 0.4) is 0 Å². The van der Waals surface area contributed by atoms with Crippen LogP contribution in [0.25, 0.3) is 0 Å². The Hall–Kier alpha value is -0.0800. The number of hydrogen-bond donors (Lipinski definition) is 1. The Morgan fingerprint density at radius 2 is 1.67 bits per heavy atom. The fraction of sp³-hybridized carbons (Fsp3) is 1.00. The molecular formula is C13H26N2. The molecule has 2 fully saturated rings. The van der Waals surface area contributed by atoms with Crippen molar-refractivity contribution in [1.82, 2.24) is 4.90 Å². The normalized spacial score (nSPS) is 40.0. The molecule has 15 heavy (non-hydrogen) atoms. The standard InChI is InChI=1S/C13H26N2/c1-11-7-5-6-10-15(11)13-9-4-2-3-8-12(13)14/h11-13H,2-10,14H2,1H3. The molecule has 88 valence electrons. The van der Waals surface area contributed by atoms with Gasteiger partial charge in [-0.05, 0) is 39.2 Å². The molecule has 1 heterocycles. The lowest BCUT2D eigenvalue weighted by molar-refractivity contribution is 0.0850. The van der Waals surface area contributed by atoms with Crippen LogP contribution in [0.2, 0.25) is 0 Å². The van der Waals surface area contributed by atoms with Crippen molar-refractivity contribution in [2.45, 2.75) is 76.4 Å². The van der Waals surface area contributed by atoms with Gasteiger partial charge in [0.05, 0.1) is 0 Å². The zero-order valence-electron chi connectivity index (χ0n) is 10.1. The summed E-state index contributed by atoms with van der Waals surface area (Å²) in [6.07, 6.45) is 10.9. The van der Waals surface area contributed by atoms with Crippen LogP contribution in [-0.4, -0.2) is 29.6 Å². The highest BCUT2D eigenvalue weighted by atomic mass is 15.2. The maximum Gasteiger partial charge on any atom is 0.0250 e. The molecular weight excluding hydrogens is 184 g/mol. The van der Waals surface area contributed by atoms with Crippen molar-refractivity contribution in [1.29, 1.82) is 0 Å². The van der Waals surface area contributed by atoms with E-state index in [1.54, 1.807) is 0 Å². The van der Waals surface area contributed by atoms with Gasteiger partial charge >= 0.3 is 0 Å². The van der Waals surface area contributed by atoms with Crippen LogP contribution in [0, 0.1) is 0 Å². The monoisotopic (exact) mass is 210 g/mol. The second kappa shape index (κ2) is 5.31. The van der Waals surface area contributed by atoms with Crippen LogP contribution in [0.1, 0.15) is 58.3 Å². The van der Waals surface area contributed by atoms with Crippen molar-refractivity contribution >= 4 is 0 Å². The van der Waals surface area contributed by atoms with Crippen molar-refractivity contribution in [2.24, 2.45) is 5.73 Å². The highest BCUT2D eigenvalue weighted by Gasteiger charge is 2.30. The summed E-state index contributed by atoms with van der Waals surface area (Å²) in [5.41, 5.74) is 6.33. The maximum atomic E-state index is 6.33. The van der Waals surface area contributed by atoms with Gasteiger partial charge in [0.15, 0.2) is 0 Å². The molecule has 3 atom stereocenters. The molecule has 0 aromatic carbocycles. The van der Waals surface area contributed by atoms with Gasteiger partial charge in [0.25, 0.3) is 0 Å². The summed E-state index contributed by atoms with van der Waals surface area (Å²) < 4.78 is 0. The van der Waals surface area contributed by atoms with E-state index in [9.17, 15) is 0 Å². The second-order valence-electron chi connectivity index (χ2n) is 5.45. The van der Waals surface area contributed by atoms with Gasteiger partial charge in [-0.3, -0.25) is 4.90 Å². The van der Waals surface area contributed by atoms with Crippen molar-refractivity contribution < 1.29 is 0 Å². The van der Waals surface area contributed by atoms with Gasteiger partial charge in [-0.1, -0.05) is 25.7 Å². The average Bonchev–Trinajstić information content (AvgIpc) is 2.44. The minimum absolute atomic E-state index is 0.438. The highest BCUT2D eigenvalue weighted by Crippen LogP contribution is 2.27. The predicted octanol–water partition coefficient (Wildman–Crippen LogP) is 2.52. The molecule has 2 N–H and O–H groups in total. The Kier molecular flexibility index (Phi) is 4.04. The molecule has 2 nitrogen and oxygen atoms in total. The van der Waals surface area contributed by atoms with Gasteiger partial charge in [-0.25, -0.2) is 0 Å². The minimum Gasteiger partial charge on any atom is -0.326 e. The van der Waals surface area contributed by atoms with Crippen LogP contribution in [0.5, 0.6) is 0 Å². The Labute approximate surface area is 94.2 Å². The van der Waals surface area contributed by atoms with E-state index < -0.39 is 0 Å². The minimum atomic E-state index is 0.438. The van der Waals surface area contributed by atoms with E-state index >= 15 is 0 Å². The van der Waals surface area contributed by atoms with E-state index in [-0.39, 0.29) is 0 Å². The molecule has 1 saturated heterocycles. The molecule has 0 aromatic heterocycles. The summed E-state index contributed by atoms with van der Waals surface area (Å²) in [5.74, 6) is 0. The lowest BCUT2D eigenvalue weighted by atomic mass is 9.95. The quantitative estimate of drug-likeness (QED) is 0.674. The van der Waals surface area contributed by atoms with Crippen molar-refractivity contribution in [2.75, 3.05) is 6.54 Å². The van der Waals surface area contributed by atoms with Crippen molar-refractivity contribution in [3.05, 3.63) is 0 Å². The predicted molar refractivity (Wildman–Crippen MR) is 64.9 cm³/mol. The molecule has 1 saturated carbocycles. The molecule has 0 amide bonds. The van der Waals surface area contributed by atoms with Gasteiger partial charge in [0.2, 0.25) is 0 Å². The smallest absolute Gasteiger partial charge is 0.0250 e. The SMILES string of the molecule is CC1CCCCN1C1CCCCCC1N. The topological polar surface area (TPSA) is 29.3 Å². The number of hydrogen-bond acceptors (Lipinski definition) is 2. The molecule has 2 rings (SSSR count). The molecule has 1 aliphatic carbocycles. The van der Waals surface area contributed by atoms with Crippen LogP contribution in [-0.2, 0) is 0 Å². The van der Waals surface area contributed by atoms with Crippen LogP contribution < -0.4 is 5.73 Å². The molecule has 0 radical (unpaired) electrons. The van der Waals surface area contributed by atoms with Crippen LogP contribution in [0.4, 0.5) is 0 Å². The van der Waals surface area contributed by atoms with Gasteiger partial charge in [-0.15, -0.1) is 0 Å². The van der Waals surface area contributed by atoms with E-state index in [2.05, 4.69) is 11.8 Å². The molecule has 2 aliphatic rings. The third-order valence-corrected chi connectivity index (χ3v) is 4.31.